The van der Waals surface area contributed by atoms with E-state index in [1.54, 1.807) is 54.7 Å². The Kier molecular flexibility index (Phi) is 8.46. The number of nitrogens with one attached hydrogen (secondary N) is 3. The number of benzene rings is 3. The van der Waals surface area contributed by atoms with Gasteiger partial charge in [-0.25, -0.2) is 28.1 Å². The largest absolute Gasteiger partial charge is 0.506 e. The zero-order chi connectivity index (χ0) is 28.1. The fourth-order valence-corrected chi connectivity index (χ4v) is 5.39. The summed E-state index contributed by atoms with van der Waals surface area (Å²) >= 11 is 9.34. The van der Waals surface area contributed by atoms with E-state index in [2.05, 4.69) is 40.9 Å². The normalized spacial score (nSPS) is 11.4. The molecule has 40 heavy (non-hydrogen) atoms. The Balaban J connectivity index is 1.32. The van der Waals surface area contributed by atoms with E-state index in [-0.39, 0.29) is 22.2 Å². The lowest BCUT2D eigenvalue weighted by Gasteiger charge is -2.09. The molecule has 2 aromatic heterocycles. The Morgan fingerprint density at radius 3 is 2.45 bits per heavy atom. The van der Waals surface area contributed by atoms with Crippen molar-refractivity contribution in [2.75, 3.05) is 18.4 Å². The minimum Gasteiger partial charge on any atom is -0.506 e. The lowest BCUT2D eigenvalue weighted by molar-refractivity contribution is 0.476. The topological polar surface area (TPSA) is 133 Å². The van der Waals surface area contributed by atoms with Crippen LogP contribution in [0.5, 0.6) is 5.75 Å². The second-order valence-electron chi connectivity index (χ2n) is 8.74. The number of anilines is 1. The van der Waals surface area contributed by atoms with Crippen LogP contribution in [0.2, 0.25) is 5.02 Å². The number of nitrogens with zero attached hydrogens (tertiary/aromatic N) is 3. The van der Waals surface area contributed by atoms with Gasteiger partial charge in [0.15, 0.2) is 0 Å². The number of imidazole rings is 1. The number of sulfonamides is 1. The van der Waals surface area contributed by atoms with Crippen LogP contribution in [0.4, 0.5) is 5.95 Å². The maximum atomic E-state index is 12.5. The van der Waals surface area contributed by atoms with Crippen molar-refractivity contribution in [2.24, 2.45) is 0 Å². The summed E-state index contributed by atoms with van der Waals surface area (Å²) in [5.74, 6) is 0.982. The third-order valence-electron chi connectivity index (χ3n) is 5.94. The molecule has 0 atom stereocenters. The van der Waals surface area contributed by atoms with Gasteiger partial charge in [-0.05, 0) is 48.9 Å². The number of aromatic hydroxyl groups is 1. The third-order valence-corrected chi connectivity index (χ3v) is 8.26. The van der Waals surface area contributed by atoms with Crippen LogP contribution < -0.4 is 10.0 Å². The minimum absolute atomic E-state index is 0.0461. The first kappa shape index (κ1) is 27.8. The van der Waals surface area contributed by atoms with Gasteiger partial charge in [0.1, 0.15) is 11.6 Å². The summed E-state index contributed by atoms with van der Waals surface area (Å²) in [6.07, 6.45) is 2.15. The van der Waals surface area contributed by atoms with Gasteiger partial charge in [0.25, 0.3) is 0 Å². The Hall–Kier alpha value is -3.77. The Bertz CT molecular complexity index is 1730. The smallest absolute Gasteiger partial charge is 0.240 e. The molecular formula is C28H24BrClN6O3S. The highest BCUT2D eigenvalue weighted by Gasteiger charge is 2.18. The summed E-state index contributed by atoms with van der Waals surface area (Å²) < 4.78 is 28.3. The van der Waals surface area contributed by atoms with Crippen LogP contribution in [0.1, 0.15) is 6.42 Å². The lowest BCUT2D eigenvalue weighted by atomic mass is 10.1. The molecule has 0 spiro atoms. The number of rotatable bonds is 10. The SMILES string of the molecule is O=S(=O)(NCCCNc1nccc(-c2[nH]c(-c3ccccc3)nc2-c2ccc(Cl)c(O)c2)n1)c1ccc(Br)cc1. The van der Waals surface area contributed by atoms with E-state index in [4.69, 9.17) is 16.6 Å². The van der Waals surface area contributed by atoms with Gasteiger partial charge in [-0.2, -0.15) is 0 Å². The van der Waals surface area contributed by atoms with E-state index in [0.29, 0.717) is 47.4 Å². The van der Waals surface area contributed by atoms with Crippen molar-refractivity contribution in [2.45, 2.75) is 11.3 Å². The van der Waals surface area contributed by atoms with Crippen molar-refractivity contribution in [3.8, 4) is 39.8 Å². The van der Waals surface area contributed by atoms with Crippen LogP contribution in [0.3, 0.4) is 0 Å². The molecule has 9 nitrogen and oxygen atoms in total. The molecule has 0 radical (unpaired) electrons. The van der Waals surface area contributed by atoms with E-state index in [1.807, 2.05) is 30.3 Å². The number of hydrogen-bond donors (Lipinski definition) is 4. The van der Waals surface area contributed by atoms with Crippen molar-refractivity contribution in [1.82, 2.24) is 24.7 Å². The highest BCUT2D eigenvalue weighted by atomic mass is 79.9. The number of halogens is 2. The molecule has 12 heteroatoms. The molecule has 5 aromatic rings. The van der Waals surface area contributed by atoms with E-state index in [1.165, 1.54) is 0 Å². The van der Waals surface area contributed by atoms with Crippen molar-refractivity contribution < 1.29 is 13.5 Å². The van der Waals surface area contributed by atoms with Crippen LogP contribution in [0.25, 0.3) is 34.0 Å². The first-order valence-corrected chi connectivity index (χ1v) is 14.9. The van der Waals surface area contributed by atoms with Crippen molar-refractivity contribution >= 4 is 43.5 Å². The standard InChI is InChI=1S/C28H24BrClN6O3S/c29-20-8-10-21(11-9-20)40(38,39)33-15-4-14-31-28-32-16-13-23(34-28)26-25(19-7-12-22(30)24(37)17-19)35-27(36-26)18-5-2-1-3-6-18/h1-3,5-13,16-17,33,37H,4,14-15H2,(H,35,36)(H,31,32,34). The molecule has 5 rings (SSSR count). The van der Waals surface area contributed by atoms with Crippen LogP contribution in [-0.4, -0.2) is 46.5 Å². The highest BCUT2D eigenvalue weighted by Crippen LogP contribution is 2.35. The van der Waals surface area contributed by atoms with E-state index in [0.717, 1.165) is 10.0 Å². The van der Waals surface area contributed by atoms with Crippen LogP contribution in [0.15, 0.2) is 94.4 Å². The van der Waals surface area contributed by atoms with E-state index < -0.39 is 10.0 Å². The molecule has 0 unspecified atom stereocenters. The van der Waals surface area contributed by atoms with Gasteiger partial charge in [-0.15, -0.1) is 0 Å². The molecule has 204 valence electrons. The summed E-state index contributed by atoms with van der Waals surface area (Å²) in [6, 6.07) is 22.9. The van der Waals surface area contributed by atoms with Gasteiger partial charge in [0.2, 0.25) is 16.0 Å². The predicted octanol–water partition coefficient (Wildman–Crippen LogP) is 6.10. The number of aromatic nitrogens is 4. The molecule has 3 aromatic carbocycles. The van der Waals surface area contributed by atoms with Crippen molar-refractivity contribution in [3.05, 3.63) is 94.6 Å². The van der Waals surface area contributed by atoms with Crippen molar-refractivity contribution in [1.29, 1.82) is 0 Å². The molecule has 0 saturated carbocycles. The summed E-state index contributed by atoms with van der Waals surface area (Å²) in [4.78, 5) is 17.3. The fourth-order valence-electron chi connectivity index (χ4n) is 3.94. The second-order valence-corrected chi connectivity index (χ2v) is 11.8. The molecule has 0 fully saturated rings. The van der Waals surface area contributed by atoms with Gasteiger partial charge < -0.3 is 15.4 Å². The van der Waals surface area contributed by atoms with E-state index >= 15 is 0 Å². The van der Waals surface area contributed by atoms with Crippen LogP contribution >= 0.6 is 27.5 Å². The minimum atomic E-state index is -3.59. The molecule has 2 heterocycles. The Labute approximate surface area is 244 Å². The average molecular weight is 640 g/mol. The second kappa shape index (κ2) is 12.2. The van der Waals surface area contributed by atoms with Gasteiger partial charge in [0.05, 0.1) is 27.0 Å². The Morgan fingerprint density at radius 1 is 0.925 bits per heavy atom. The number of aromatic amines is 1. The summed E-state index contributed by atoms with van der Waals surface area (Å²) in [7, 11) is -3.59. The lowest BCUT2D eigenvalue weighted by Crippen LogP contribution is -2.26. The average Bonchev–Trinajstić information content (AvgIpc) is 3.41. The predicted molar refractivity (Wildman–Crippen MR) is 160 cm³/mol. The molecule has 0 amide bonds. The first-order valence-electron chi connectivity index (χ1n) is 12.3. The first-order chi connectivity index (χ1) is 19.3. The summed E-state index contributed by atoms with van der Waals surface area (Å²) in [6.45, 7) is 0.693. The summed E-state index contributed by atoms with van der Waals surface area (Å²) in [5, 5.41) is 13.6. The monoisotopic (exact) mass is 638 g/mol. The molecule has 0 aliphatic heterocycles. The number of H-pyrrole nitrogens is 1. The maximum Gasteiger partial charge on any atom is 0.240 e. The number of phenolic OH excluding ortho intramolecular Hbond substituents is 1. The molecular weight excluding hydrogens is 616 g/mol. The fraction of sp³-hybridized carbons (Fsp3) is 0.107. The zero-order valence-corrected chi connectivity index (χ0v) is 24.1. The van der Waals surface area contributed by atoms with Gasteiger partial charge in [0, 0.05) is 34.9 Å². The van der Waals surface area contributed by atoms with Gasteiger partial charge >= 0.3 is 0 Å². The number of hydrogen-bond acceptors (Lipinski definition) is 7. The highest BCUT2D eigenvalue weighted by molar-refractivity contribution is 9.10. The molecule has 4 N–H and O–H groups in total. The molecule has 0 aliphatic rings. The molecule has 0 bridgehead atoms. The Morgan fingerprint density at radius 2 is 1.70 bits per heavy atom. The zero-order valence-electron chi connectivity index (χ0n) is 21.0. The van der Waals surface area contributed by atoms with Gasteiger partial charge in [-0.1, -0.05) is 63.9 Å². The van der Waals surface area contributed by atoms with Gasteiger partial charge in [-0.3, -0.25) is 0 Å². The van der Waals surface area contributed by atoms with Crippen molar-refractivity contribution in [3.63, 3.8) is 0 Å². The third kappa shape index (κ3) is 6.50. The maximum absolute atomic E-state index is 12.5. The van der Waals surface area contributed by atoms with E-state index in [9.17, 15) is 13.5 Å². The molecule has 0 aliphatic carbocycles. The van der Waals surface area contributed by atoms with Crippen LogP contribution in [-0.2, 0) is 10.0 Å². The quantitative estimate of drug-likeness (QED) is 0.136. The summed E-state index contributed by atoms with van der Waals surface area (Å²) in [5.41, 5.74) is 3.39. The molecule has 0 saturated heterocycles. The van der Waals surface area contributed by atoms with Crippen LogP contribution in [0, 0.1) is 0 Å². The number of phenols is 1.